The third-order valence-electron chi connectivity index (χ3n) is 1.46. The first kappa shape index (κ1) is 10.1. The highest BCUT2D eigenvalue weighted by molar-refractivity contribution is 6.36. The van der Waals surface area contributed by atoms with Gasteiger partial charge in [-0.05, 0) is 12.8 Å². The van der Waals surface area contributed by atoms with E-state index < -0.39 is 0 Å². The molecule has 3 heteroatoms. The number of aliphatic imine (C=N–C) groups is 1. The van der Waals surface area contributed by atoms with E-state index in [1.54, 1.807) is 7.05 Å². The smallest absolute Gasteiger partial charge is 0.351 e. The molecule has 0 aromatic carbocycles. The van der Waals surface area contributed by atoms with Crippen LogP contribution >= 0.6 is 0 Å². The Morgan fingerprint density at radius 3 is 2.55 bits per heavy atom. The number of esters is 1. The first-order valence-electron chi connectivity index (χ1n) is 3.80. The maximum atomic E-state index is 10.9. The molecule has 0 saturated carbocycles. The quantitative estimate of drug-likeness (QED) is 0.457. The predicted molar refractivity (Wildman–Crippen MR) is 44.9 cm³/mol. The van der Waals surface area contributed by atoms with Crippen LogP contribution < -0.4 is 0 Å². The number of rotatable bonds is 4. The second-order valence-corrected chi connectivity index (χ2v) is 2.27. The van der Waals surface area contributed by atoms with Gasteiger partial charge in [-0.1, -0.05) is 13.3 Å². The van der Waals surface area contributed by atoms with Crippen LogP contribution in [0, 0.1) is 0 Å². The molecule has 0 aliphatic rings. The minimum Gasteiger partial charge on any atom is -0.465 e. The Balaban J connectivity index is 3.87. The zero-order chi connectivity index (χ0) is 8.69. The molecule has 0 N–H and O–H groups in total. The standard InChI is InChI=1S/C8H15NO2/c1-4-5-6-7(9-2)8(10)11-3/h4-6H2,1-3H3. The average Bonchev–Trinajstić information content (AvgIpc) is 2.05. The van der Waals surface area contributed by atoms with Crippen LogP contribution in [-0.4, -0.2) is 25.8 Å². The fraction of sp³-hybridized carbons (Fsp3) is 0.750. The van der Waals surface area contributed by atoms with Gasteiger partial charge in [0.2, 0.25) is 0 Å². The van der Waals surface area contributed by atoms with E-state index in [0.29, 0.717) is 5.71 Å². The van der Waals surface area contributed by atoms with Gasteiger partial charge in [-0.2, -0.15) is 0 Å². The van der Waals surface area contributed by atoms with Crippen molar-refractivity contribution in [3.05, 3.63) is 0 Å². The number of methoxy groups -OCH3 is 1. The van der Waals surface area contributed by atoms with E-state index in [2.05, 4.69) is 16.7 Å². The minimum absolute atomic E-state index is 0.305. The van der Waals surface area contributed by atoms with E-state index in [0.717, 1.165) is 19.3 Å². The number of ether oxygens (including phenoxy) is 1. The zero-order valence-corrected chi connectivity index (χ0v) is 7.39. The van der Waals surface area contributed by atoms with Crippen LogP contribution in [0.2, 0.25) is 0 Å². The van der Waals surface area contributed by atoms with Gasteiger partial charge in [0.1, 0.15) is 5.71 Å². The molecular formula is C8H15NO2. The zero-order valence-electron chi connectivity index (χ0n) is 7.39. The third-order valence-corrected chi connectivity index (χ3v) is 1.46. The summed E-state index contributed by atoms with van der Waals surface area (Å²) in [6, 6.07) is 0. The van der Waals surface area contributed by atoms with Gasteiger partial charge in [0.05, 0.1) is 7.11 Å². The van der Waals surface area contributed by atoms with Crippen LogP contribution in [0.15, 0.2) is 4.99 Å². The summed E-state index contributed by atoms with van der Waals surface area (Å²) in [5.74, 6) is -0.305. The number of carbonyl (C=O) groups is 1. The molecule has 0 atom stereocenters. The summed E-state index contributed by atoms with van der Waals surface area (Å²) in [6.45, 7) is 2.07. The molecule has 0 amide bonds. The molecule has 11 heavy (non-hydrogen) atoms. The highest BCUT2D eigenvalue weighted by atomic mass is 16.5. The lowest BCUT2D eigenvalue weighted by molar-refractivity contribution is -0.132. The summed E-state index contributed by atoms with van der Waals surface area (Å²) < 4.78 is 4.53. The Kier molecular flexibility index (Phi) is 5.43. The van der Waals surface area contributed by atoms with E-state index in [1.807, 2.05) is 0 Å². The van der Waals surface area contributed by atoms with Gasteiger partial charge in [0, 0.05) is 7.05 Å². The van der Waals surface area contributed by atoms with Crippen molar-refractivity contribution >= 4 is 11.7 Å². The third kappa shape index (κ3) is 3.75. The number of hydrogen-bond donors (Lipinski definition) is 0. The van der Waals surface area contributed by atoms with Crippen molar-refractivity contribution in [1.82, 2.24) is 0 Å². The molecule has 64 valence electrons. The fourth-order valence-electron chi connectivity index (χ4n) is 0.767. The van der Waals surface area contributed by atoms with Crippen molar-refractivity contribution < 1.29 is 9.53 Å². The van der Waals surface area contributed by atoms with Crippen molar-refractivity contribution in [2.75, 3.05) is 14.2 Å². The largest absolute Gasteiger partial charge is 0.465 e. The molecule has 3 nitrogen and oxygen atoms in total. The lowest BCUT2D eigenvalue weighted by Gasteiger charge is -2.00. The highest BCUT2D eigenvalue weighted by Gasteiger charge is 2.08. The SMILES string of the molecule is CCCCC(=NC)C(=O)OC. The van der Waals surface area contributed by atoms with Crippen molar-refractivity contribution in [2.24, 2.45) is 4.99 Å². The van der Waals surface area contributed by atoms with Crippen LogP contribution in [0.4, 0.5) is 0 Å². The van der Waals surface area contributed by atoms with Crippen LogP contribution in [-0.2, 0) is 9.53 Å². The van der Waals surface area contributed by atoms with Crippen LogP contribution in [0.3, 0.4) is 0 Å². The van der Waals surface area contributed by atoms with Gasteiger partial charge < -0.3 is 4.74 Å². The van der Waals surface area contributed by atoms with Crippen molar-refractivity contribution in [1.29, 1.82) is 0 Å². The Morgan fingerprint density at radius 1 is 1.55 bits per heavy atom. The summed E-state index contributed by atoms with van der Waals surface area (Å²) in [4.78, 5) is 14.7. The molecule has 0 rings (SSSR count). The van der Waals surface area contributed by atoms with Crippen molar-refractivity contribution in [3.63, 3.8) is 0 Å². The molecule has 0 fully saturated rings. The summed E-state index contributed by atoms with van der Waals surface area (Å²) in [5.41, 5.74) is 0.536. The number of hydrogen-bond acceptors (Lipinski definition) is 3. The lowest BCUT2D eigenvalue weighted by Crippen LogP contribution is -2.15. The molecule has 0 saturated heterocycles. The van der Waals surface area contributed by atoms with E-state index >= 15 is 0 Å². The van der Waals surface area contributed by atoms with Crippen molar-refractivity contribution in [2.45, 2.75) is 26.2 Å². The van der Waals surface area contributed by atoms with Gasteiger partial charge >= 0.3 is 5.97 Å². The van der Waals surface area contributed by atoms with Crippen LogP contribution in [0.25, 0.3) is 0 Å². The van der Waals surface area contributed by atoms with Crippen LogP contribution in [0.1, 0.15) is 26.2 Å². The fourth-order valence-corrected chi connectivity index (χ4v) is 0.767. The summed E-state index contributed by atoms with van der Waals surface area (Å²) in [7, 11) is 2.99. The molecule has 0 bridgehead atoms. The molecule has 0 aromatic rings. The maximum absolute atomic E-state index is 10.9. The monoisotopic (exact) mass is 157 g/mol. The van der Waals surface area contributed by atoms with E-state index in [1.165, 1.54) is 7.11 Å². The predicted octanol–water partition coefficient (Wildman–Crippen LogP) is 1.42. The Labute approximate surface area is 67.5 Å². The van der Waals surface area contributed by atoms with Crippen LogP contribution in [0.5, 0.6) is 0 Å². The Bertz CT molecular complexity index is 152. The number of unbranched alkanes of at least 4 members (excludes halogenated alkanes) is 1. The summed E-state index contributed by atoms with van der Waals surface area (Å²) in [6.07, 6.45) is 2.78. The van der Waals surface area contributed by atoms with Gasteiger partial charge in [-0.15, -0.1) is 0 Å². The Morgan fingerprint density at radius 2 is 2.18 bits per heavy atom. The molecule has 0 unspecified atom stereocenters. The molecule has 0 spiro atoms. The normalized spacial score (nSPS) is 11.4. The summed E-state index contributed by atoms with van der Waals surface area (Å²) >= 11 is 0. The molecule has 0 aliphatic carbocycles. The first-order valence-corrected chi connectivity index (χ1v) is 3.80. The second-order valence-electron chi connectivity index (χ2n) is 2.27. The number of carbonyl (C=O) groups excluding carboxylic acids is 1. The molecule has 0 aromatic heterocycles. The minimum atomic E-state index is -0.305. The molecule has 0 radical (unpaired) electrons. The van der Waals surface area contributed by atoms with Gasteiger partial charge in [0.15, 0.2) is 0 Å². The van der Waals surface area contributed by atoms with Crippen molar-refractivity contribution in [3.8, 4) is 0 Å². The highest BCUT2D eigenvalue weighted by Crippen LogP contribution is 1.98. The van der Waals surface area contributed by atoms with Gasteiger partial charge in [0.25, 0.3) is 0 Å². The average molecular weight is 157 g/mol. The maximum Gasteiger partial charge on any atom is 0.351 e. The summed E-state index contributed by atoms with van der Waals surface area (Å²) in [5, 5.41) is 0. The Hall–Kier alpha value is -0.860. The van der Waals surface area contributed by atoms with E-state index in [9.17, 15) is 4.79 Å². The second kappa shape index (κ2) is 5.89. The van der Waals surface area contributed by atoms with Gasteiger partial charge in [-0.25, -0.2) is 4.79 Å². The first-order chi connectivity index (χ1) is 5.26. The van der Waals surface area contributed by atoms with E-state index in [-0.39, 0.29) is 5.97 Å². The molecular weight excluding hydrogens is 142 g/mol. The topological polar surface area (TPSA) is 38.7 Å². The number of nitrogens with zero attached hydrogens (tertiary/aromatic N) is 1. The lowest BCUT2D eigenvalue weighted by atomic mass is 10.2. The molecule has 0 heterocycles. The van der Waals surface area contributed by atoms with E-state index in [4.69, 9.17) is 0 Å². The van der Waals surface area contributed by atoms with Gasteiger partial charge in [-0.3, -0.25) is 4.99 Å². The molecule has 0 aliphatic heterocycles.